The van der Waals surface area contributed by atoms with E-state index in [1.807, 2.05) is 0 Å². The molecule has 1 saturated heterocycles. The van der Waals surface area contributed by atoms with Gasteiger partial charge in [0.1, 0.15) is 0 Å². The van der Waals surface area contributed by atoms with E-state index in [-0.39, 0.29) is 12.1 Å². The molecule has 1 aliphatic rings. The lowest BCUT2D eigenvalue weighted by atomic mass is 10.0. The molecule has 1 heterocycles. The van der Waals surface area contributed by atoms with Gasteiger partial charge < -0.3 is 21.7 Å². The largest absolute Gasteiger partial charge is 0.366 e. The molecular formula is C15H22N4O2. The van der Waals surface area contributed by atoms with Crippen LogP contribution in [-0.2, 0) is 0 Å². The van der Waals surface area contributed by atoms with Gasteiger partial charge in [0.2, 0.25) is 5.91 Å². The number of rotatable bonds is 3. The molecule has 21 heavy (non-hydrogen) atoms. The lowest BCUT2D eigenvalue weighted by Crippen LogP contribution is -2.49. The molecule has 2 rings (SSSR count). The molecule has 0 aliphatic carbocycles. The van der Waals surface area contributed by atoms with E-state index in [2.05, 4.69) is 5.32 Å². The normalized spacial score (nSPS) is 18.4. The predicted octanol–water partition coefficient (Wildman–Crippen LogP) is 1.44. The Labute approximate surface area is 124 Å². The third-order valence-corrected chi connectivity index (χ3v) is 4.00. The van der Waals surface area contributed by atoms with Gasteiger partial charge in [0, 0.05) is 30.4 Å². The molecule has 1 aromatic rings. The Hall–Kier alpha value is -2.08. The van der Waals surface area contributed by atoms with Crippen LogP contribution in [0.3, 0.4) is 0 Å². The van der Waals surface area contributed by atoms with Crippen LogP contribution >= 0.6 is 0 Å². The second-order valence-corrected chi connectivity index (χ2v) is 5.35. The van der Waals surface area contributed by atoms with E-state index in [1.165, 1.54) is 0 Å². The molecule has 5 N–H and O–H groups in total. The lowest BCUT2D eigenvalue weighted by molar-refractivity contribution is 0.0999. The quantitative estimate of drug-likeness (QED) is 0.785. The fourth-order valence-electron chi connectivity index (χ4n) is 2.74. The van der Waals surface area contributed by atoms with Crippen LogP contribution in [-0.4, -0.2) is 36.0 Å². The van der Waals surface area contributed by atoms with E-state index in [4.69, 9.17) is 11.5 Å². The third kappa shape index (κ3) is 3.33. The molecule has 1 unspecified atom stereocenters. The summed E-state index contributed by atoms with van der Waals surface area (Å²) in [5.41, 5.74) is 12.8. The van der Waals surface area contributed by atoms with Gasteiger partial charge in [0.25, 0.3) is 0 Å². The molecule has 0 bridgehead atoms. The number of benzene rings is 1. The number of nitrogens with zero attached hydrogens (tertiary/aromatic N) is 1. The summed E-state index contributed by atoms with van der Waals surface area (Å²) in [5.74, 6) is -0.499. The van der Waals surface area contributed by atoms with Gasteiger partial charge in [-0.1, -0.05) is 6.07 Å². The highest BCUT2D eigenvalue weighted by Crippen LogP contribution is 2.21. The van der Waals surface area contributed by atoms with Crippen LogP contribution in [0, 0.1) is 6.92 Å². The minimum atomic E-state index is -0.499. The number of primary amides is 1. The van der Waals surface area contributed by atoms with Gasteiger partial charge in [-0.25, -0.2) is 4.79 Å². The summed E-state index contributed by atoms with van der Waals surface area (Å²) in [6.07, 6.45) is 3.02. The average molecular weight is 290 g/mol. The van der Waals surface area contributed by atoms with E-state index in [0.29, 0.717) is 29.9 Å². The van der Waals surface area contributed by atoms with Crippen molar-refractivity contribution in [2.24, 2.45) is 11.5 Å². The number of hydrogen-bond acceptors (Lipinski definition) is 3. The van der Waals surface area contributed by atoms with E-state index in [0.717, 1.165) is 19.3 Å². The summed E-state index contributed by atoms with van der Waals surface area (Å²) >= 11 is 0. The molecule has 0 spiro atoms. The van der Waals surface area contributed by atoms with Gasteiger partial charge in [-0.05, 0) is 43.9 Å². The number of amides is 3. The van der Waals surface area contributed by atoms with Gasteiger partial charge in [0.15, 0.2) is 0 Å². The van der Waals surface area contributed by atoms with Crippen molar-refractivity contribution in [3.8, 4) is 0 Å². The molecule has 114 valence electrons. The number of urea groups is 1. The molecule has 1 aliphatic heterocycles. The van der Waals surface area contributed by atoms with Gasteiger partial charge in [-0.3, -0.25) is 4.79 Å². The molecule has 0 radical (unpaired) electrons. The Balaban J connectivity index is 2.16. The molecule has 1 atom stereocenters. The van der Waals surface area contributed by atoms with Crippen molar-refractivity contribution in [2.45, 2.75) is 32.2 Å². The Morgan fingerprint density at radius 2 is 2.14 bits per heavy atom. The number of anilines is 1. The van der Waals surface area contributed by atoms with Gasteiger partial charge in [-0.2, -0.15) is 0 Å². The lowest BCUT2D eigenvalue weighted by Gasteiger charge is -2.35. The van der Waals surface area contributed by atoms with Crippen molar-refractivity contribution in [1.82, 2.24) is 4.90 Å². The minimum Gasteiger partial charge on any atom is -0.366 e. The maximum absolute atomic E-state index is 12.4. The molecule has 0 saturated carbocycles. The van der Waals surface area contributed by atoms with Gasteiger partial charge >= 0.3 is 6.03 Å². The first kappa shape index (κ1) is 15.3. The third-order valence-electron chi connectivity index (χ3n) is 4.00. The predicted molar refractivity (Wildman–Crippen MR) is 82.1 cm³/mol. The first-order chi connectivity index (χ1) is 10.0. The van der Waals surface area contributed by atoms with E-state index >= 15 is 0 Å². The van der Waals surface area contributed by atoms with Crippen molar-refractivity contribution >= 4 is 17.6 Å². The number of nitrogens with two attached hydrogens (primary N) is 2. The van der Waals surface area contributed by atoms with Crippen molar-refractivity contribution in [1.29, 1.82) is 0 Å². The van der Waals surface area contributed by atoms with Crippen molar-refractivity contribution in [3.05, 3.63) is 29.3 Å². The second kappa shape index (κ2) is 6.58. The molecule has 1 fully saturated rings. The summed E-state index contributed by atoms with van der Waals surface area (Å²) in [4.78, 5) is 25.5. The number of nitrogens with one attached hydrogen (secondary N) is 1. The minimum absolute atomic E-state index is 0.0818. The van der Waals surface area contributed by atoms with Crippen LogP contribution in [0.2, 0.25) is 0 Å². The maximum atomic E-state index is 12.4. The summed E-state index contributed by atoms with van der Waals surface area (Å²) in [7, 11) is 0. The topological polar surface area (TPSA) is 101 Å². The van der Waals surface area contributed by atoms with Crippen molar-refractivity contribution in [3.63, 3.8) is 0 Å². The first-order valence-corrected chi connectivity index (χ1v) is 7.21. The summed E-state index contributed by atoms with van der Waals surface area (Å²) < 4.78 is 0. The summed E-state index contributed by atoms with van der Waals surface area (Å²) in [6, 6.07) is 5.03. The van der Waals surface area contributed by atoms with Crippen LogP contribution in [0.1, 0.15) is 35.2 Å². The summed E-state index contributed by atoms with van der Waals surface area (Å²) in [5, 5.41) is 2.86. The smallest absolute Gasteiger partial charge is 0.322 e. The monoisotopic (exact) mass is 290 g/mol. The van der Waals surface area contributed by atoms with Crippen LogP contribution in [0.25, 0.3) is 0 Å². The maximum Gasteiger partial charge on any atom is 0.322 e. The Morgan fingerprint density at radius 3 is 2.81 bits per heavy atom. The number of carbonyl (C=O) groups is 2. The number of hydrogen-bond donors (Lipinski definition) is 3. The molecule has 6 nitrogen and oxygen atoms in total. The van der Waals surface area contributed by atoms with Crippen LogP contribution < -0.4 is 16.8 Å². The standard InChI is InChI=1S/C15H22N4O2/c1-10-12(14(17)20)6-4-7-13(10)18-15(21)19-8-3-2-5-11(19)9-16/h4,6-7,11H,2-3,5,8-9,16H2,1H3,(H2,17,20)(H,18,21). The SMILES string of the molecule is Cc1c(NC(=O)N2CCCCC2CN)cccc1C(N)=O. The number of likely N-dealkylation sites (tertiary alicyclic amines) is 1. The number of piperidine rings is 1. The second-order valence-electron chi connectivity index (χ2n) is 5.35. The van der Waals surface area contributed by atoms with E-state index in [9.17, 15) is 9.59 Å². The Bertz CT molecular complexity index is 544. The highest BCUT2D eigenvalue weighted by molar-refractivity contribution is 5.98. The molecular weight excluding hydrogens is 268 g/mol. The van der Waals surface area contributed by atoms with Gasteiger partial charge in [-0.15, -0.1) is 0 Å². The zero-order chi connectivity index (χ0) is 15.4. The fraction of sp³-hybridized carbons (Fsp3) is 0.467. The zero-order valence-corrected chi connectivity index (χ0v) is 12.3. The zero-order valence-electron chi connectivity index (χ0n) is 12.3. The van der Waals surface area contributed by atoms with Crippen molar-refractivity contribution in [2.75, 3.05) is 18.4 Å². The molecule has 6 heteroatoms. The fourth-order valence-corrected chi connectivity index (χ4v) is 2.74. The van der Waals surface area contributed by atoms with Crippen LogP contribution in [0.5, 0.6) is 0 Å². The Kier molecular flexibility index (Phi) is 4.80. The Morgan fingerprint density at radius 1 is 1.38 bits per heavy atom. The molecule has 0 aromatic heterocycles. The van der Waals surface area contributed by atoms with Crippen LogP contribution in [0.15, 0.2) is 18.2 Å². The number of carbonyl (C=O) groups excluding carboxylic acids is 2. The summed E-state index contributed by atoms with van der Waals surface area (Å²) in [6.45, 7) is 2.95. The van der Waals surface area contributed by atoms with Crippen molar-refractivity contribution < 1.29 is 9.59 Å². The highest BCUT2D eigenvalue weighted by atomic mass is 16.2. The highest BCUT2D eigenvalue weighted by Gasteiger charge is 2.26. The van der Waals surface area contributed by atoms with E-state index < -0.39 is 5.91 Å². The molecule has 1 aromatic carbocycles. The average Bonchev–Trinajstić information content (AvgIpc) is 2.48. The van der Waals surface area contributed by atoms with Gasteiger partial charge in [0.05, 0.1) is 0 Å². The molecule has 3 amide bonds. The first-order valence-electron chi connectivity index (χ1n) is 7.21. The van der Waals surface area contributed by atoms with E-state index in [1.54, 1.807) is 30.0 Å². The van der Waals surface area contributed by atoms with Crippen LogP contribution in [0.4, 0.5) is 10.5 Å².